The first-order valence-corrected chi connectivity index (χ1v) is 5.16. The quantitative estimate of drug-likeness (QED) is 0.459. The summed E-state index contributed by atoms with van der Waals surface area (Å²) in [6.07, 6.45) is 10.7. The summed E-state index contributed by atoms with van der Waals surface area (Å²) in [6, 6.07) is 0. The Hall–Kier alpha value is -0.300. The fourth-order valence-electron chi connectivity index (χ4n) is 1.17. The van der Waals surface area contributed by atoms with E-state index in [0.29, 0.717) is 0 Å². The maximum absolute atomic E-state index is 9.39. The summed E-state index contributed by atoms with van der Waals surface area (Å²) in [6.45, 7) is 4.29. The van der Waals surface area contributed by atoms with E-state index in [1.807, 2.05) is 12.2 Å². The van der Waals surface area contributed by atoms with Crippen molar-refractivity contribution in [1.82, 2.24) is 0 Å². The Kier molecular flexibility index (Phi) is 8.57. The molecule has 0 aliphatic carbocycles. The molecule has 0 heterocycles. The highest BCUT2D eigenvalue weighted by Gasteiger charge is 1.96. The average molecular weight is 170 g/mol. The lowest BCUT2D eigenvalue weighted by Gasteiger charge is -2.03. The second kappa shape index (κ2) is 8.79. The van der Waals surface area contributed by atoms with Crippen molar-refractivity contribution < 1.29 is 5.11 Å². The molecule has 12 heavy (non-hydrogen) atoms. The highest BCUT2D eigenvalue weighted by molar-refractivity contribution is 4.87. The lowest BCUT2D eigenvalue weighted by atomic mass is 10.1. The number of hydrogen-bond acceptors (Lipinski definition) is 1. The van der Waals surface area contributed by atoms with Crippen LogP contribution in [0.2, 0.25) is 0 Å². The van der Waals surface area contributed by atoms with Crippen LogP contribution in [0.25, 0.3) is 0 Å². The summed E-state index contributed by atoms with van der Waals surface area (Å²) in [5.74, 6) is 0. The van der Waals surface area contributed by atoms with Crippen LogP contribution in [-0.2, 0) is 0 Å². The van der Waals surface area contributed by atoms with E-state index in [9.17, 15) is 5.11 Å². The van der Waals surface area contributed by atoms with Gasteiger partial charge in [-0.2, -0.15) is 0 Å². The Morgan fingerprint density at radius 2 is 1.92 bits per heavy atom. The topological polar surface area (TPSA) is 20.2 Å². The number of aliphatic hydroxyl groups is 1. The molecule has 0 fully saturated rings. The van der Waals surface area contributed by atoms with E-state index in [1.54, 1.807) is 0 Å². The van der Waals surface area contributed by atoms with Gasteiger partial charge in [0.1, 0.15) is 0 Å². The molecule has 0 aliphatic rings. The first-order valence-electron chi connectivity index (χ1n) is 5.16. The zero-order valence-corrected chi connectivity index (χ0v) is 8.42. The summed E-state index contributed by atoms with van der Waals surface area (Å²) in [5, 5.41) is 9.39. The van der Waals surface area contributed by atoms with Gasteiger partial charge in [-0.15, -0.1) is 0 Å². The van der Waals surface area contributed by atoms with E-state index in [2.05, 4.69) is 13.8 Å². The van der Waals surface area contributed by atoms with Crippen molar-refractivity contribution in [3.05, 3.63) is 12.2 Å². The molecule has 1 heteroatoms. The third-order valence-electron chi connectivity index (χ3n) is 1.95. The number of rotatable bonds is 7. The molecule has 0 aromatic carbocycles. The Morgan fingerprint density at radius 1 is 1.17 bits per heavy atom. The molecule has 0 aromatic heterocycles. The maximum Gasteiger partial charge on any atom is 0.0720 e. The van der Waals surface area contributed by atoms with Gasteiger partial charge in [0.2, 0.25) is 0 Å². The Labute approximate surface area is 76.5 Å². The molecule has 1 nitrogen and oxygen atoms in total. The SMILES string of the molecule is CCC=CC(O)CCCCCC. The van der Waals surface area contributed by atoms with Gasteiger partial charge >= 0.3 is 0 Å². The lowest BCUT2D eigenvalue weighted by Crippen LogP contribution is -2.01. The van der Waals surface area contributed by atoms with Crippen molar-refractivity contribution in [2.24, 2.45) is 0 Å². The van der Waals surface area contributed by atoms with Crippen LogP contribution < -0.4 is 0 Å². The van der Waals surface area contributed by atoms with Crippen molar-refractivity contribution >= 4 is 0 Å². The van der Waals surface area contributed by atoms with Crippen LogP contribution in [0.1, 0.15) is 52.4 Å². The summed E-state index contributed by atoms with van der Waals surface area (Å²) in [4.78, 5) is 0. The molecular weight excluding hydrogens is 148 g/mol. The van der Waals surface area contributed by atoms with E-state index >= 15 is 0 Å². The molecule has 72 valence electrons. The molecule has 1 N–H and O–H groups in total. The second-order valence-electron chi connectivity index (χ2n) is 3.25. The van der Waals surface area contributed by atoms with Gasteiger partial charge in [0.05, 0.1) is 6.10 Å². The zero-order chi connectivity index (χ0) is 9.23. The molecule has 0 rings (SSSR count). The minimum absolute atomic E-state index is 0.207. The normalized spacial score (nSPS) is 13.9. The van der Waals surface area contributed by atoms with E-state index in [0.717, 1.165) is 19.3 Å². The van der Waals surface area contributed by atoms with Crippen LogP contribution in [0.15, 0.2) is 12.2 Å². The molecule has 0 aromatic rings. The van der Waals surface area contributed by atoms with Gasteiger partial charge in [0.25, 0.3) is 0 Å². The first-order chi connectivity index (χ1) is 5.81. The molecule has 0 saturated heterocycles. The summed E-state index contributed by atoms with van der Waals surface area (Å²) in [7, 11) is 0. The fraction of sp³-hybridized carbons (Fsp3) is 0.818. The van der Waals surface area contributed by atoms with Crippen LogP contribution in [0.3, 0.4) is 0 Å². The zero-order valence-electron chi connectivity index (χ0n) is 8.42. The lowest BCUT2D eigenvalue weighted by molar-refractivity contribution is 0.208. The Balaban J connectivity index is 3.19. The molecule has 0 saturated carbocycles. The monoisotopic (exact) mass is 170 g/mol. The number of allylic oxidation sites excluding steroid dienone is 1. The minimum atomic E-state index is -0.207. The number of hydrogen-bond donors (Lipinski definition) is 1. The van der Waals surface area contributed by atoms with Crippen LogP contribution in [0.5, 0.6) is 0 Å². The van der Waals surface area contributed by atoms with Crippen LogP contribution in [0, 0.1) is 0 Å². The van der Waals surface area contributed by atoms with Gasteiger partial charge in [0.15, 0.2) is 0 Å². The van der Waals surface area contributed by atoms with Crippen LogP contribution in [0.4, 0.5) is 0 Å². The van der Waals surface area contributed by atoms with Gasteiger partial charge < -0.3 is 5.11 Å². The molecular formula is C11H22O. The van der Waals surface area contributed by atoms with Crippen molar-refractivity contribution in [2.75, 3.05) is 0 Å². The fourth-order valence-corrected chi connectivity index (χ4v) is 1.17. The molecule has 1 atom stereocenters. The van der Waals surface area contributed by atoms with Crippen LogP contribution >= 0.6 is 0 Å². The highest BCUT2D eigenvalue weighted by Crippen LogP contribution is 2.06. The van der Waals surface area contributed by atoms with Crippen molar-refractivity contribution in [2.45, 2.75) is 58.5 Å². The number of unbranched alkanes of at least 4 members (excludes halogenated alkanes) is 3. The molecule has 0 radical (unpaired) electrons. The molecule has 0 spiro atoms. The van der Waals surface area contributed by atoms with E-state index in [4.69, 9.17) is 0 Å². The van der Waals surface area contributed by atoms with Crippen LogP contribution in [-0.4, -0.2) is 11.2 Å². The van der Waals surface area contributed by atoms with Gasteiger partial charge in [0, 0.05) is 0 Å². The maximum atomic E-state index is 9.39. The molecule has 0 aliphatic heterocycles. The molecule has 1 unspecified atom stereocenters. The summed E-state index contributed by atoms with van der Waals surface area (Å²) in [5.41, 5.74) is 0. The van der Waals surface area contributed by atoms with E-state index in [-0.39, 0.29) is 6.10 Å². The molecule has 0 bridgehead atoms. The number of aliphatic hydroxyl groups excluding tert-OH is 1. The third-order valence-corrected chi connectivity index (χ3v) is 1.95. The predicted molar refractivity (Wildman–Crippen MR) is 54.2 cm³/mol. The predicted octanol–water partition coefficient (Wildman–Crippen LogP) is 3.28. The average Bonchev–Trinajstić information content (AvgIpc) is 2.09. The first kappa shape index (κ1) is 11.7. The standard InChI is InChI=1S/C11H22O/c1-3-5-7-8-10-11(12)9-6-4-2/h6,9,11-12H,3-5,7-8,10H2,1-2H3. The highest BCUT2D eigenvalue weighted by atomic mass is 16.3. The third kappa shape index (κ3) is 7.80. The second-order valence-corrected chi connectivity index (χ2v) is 3.25. The van der Waals surface area contributed by atoms with E-state index < -0.39 is 0 Å². The van der Waals surface area contributed by atoms with E-state index in [1.165, 1.54) is 19.3 Å². The summed E-state index contributed by atoms with van der Waals surface area (Å²) < 4.78 is 0. The van der Waals surface area contributed by atoms with Crippen molar-refractivity contribution in [1.29, 1.82) is 0 Å². The van der Waals surface area contributed by atoms with Gasteiger partial charge in [-0.1, -0.05) is 51.7 Å². The Bertz CT molecular complexity index is 108. The Morgan fingerprint density at radius 3 is 2.50 bits per heavy atom. The molecule has 0 amide bonds. The smallest absolute Gasteiger partial charge is 0.0720 e. The minimum Gasteiger partial charge on any atom is -0.389 e. The largest absolute Gasteiger partial charge is 0.389 e. The van der Waals surface area contributed by atoms with Gasteiger partial charge in [-0.3, -0.25) is 0 Å². The summed E-state index contributed by atoms with van der Waals surface area (Å²) >= 11 is 0. The van der Waals surface area contributed by atoms with Crippen molar-refractivity contribution in [3.8, 4) is 0 Å². The van der Waals surface area contributed by atoms with Gasteiger partial charge in [-0.25, -0.2) is 0 Å². The van der Waals surface area contributed by atoms with Gasteiger partial charge in [-0.05, 0) is 12.8 Å². The van der Waals surface area contributed by atoms with Crippen molar-refractivity contribution in [3.63, 3.8) is 0 Å².